The Labute approximate surface area is 170 Å². The number of carbonyl (C=O) groups excluding carboxylic acids is 1. The molecule has 9 nitrogen and oxygen atoms in total. The maximum absolute atomic E-state index is 11.9. The lowest BCUT2D eigenvalue weighted by molar-refractivity contribution is -0.149. The number of nitrogens with zero attached hydrogens (tertiary/aromatic N) is 4. The van der Waals surface area contributed by atoms with Crippen molar-refractivity contribution in [1.82, 2.24) is 19.9 Å². The highest BCUT2D eigenvalue weighted by atomic mass is 16.5. The molecule has 2 aromatic rings. The number of likely N-dealkylation sites (tertiary alicyclic amines) is 1. The van der Waals surface area contributed by atoms with E-state index >= 15 is 0 Å². The van der Waals surface area contributed by atoms with Crippen LogP contribution >= 0.6 is 0 Å². The number of nitrogens with two attached hydrogens (primary N) is 1. The highest BCUT2D eigenvalue weighted by Gasteiger charge is 2.26. The van der Waals surface area contributed by atoms with Gasteiger partial charge in [0.15, 0.2) is 0 Å². The molecule has 0 spiro atoms. The van der Waals surface area contributed by atoms with Crippen LogP contribution in [0.4, 0.5) is 11.9 Å². The van der Waals surface area contributed by atoms with Crippen LogP contribution in [-0.4, -0.2) is 52.6 Å². The van der Waals surface area contributed by atoms with Crippen molar-refractivity contribution in [3.8, 4) is 5.75 Å². The van der Waals surface area contributed by atoms with E-state index < -0.39 is 0 Å². The van der Waals surface area contributed by atoms with Gasteiger partial charge in [0.05, 0.1) is 26.2 Å². The zero-order chi connectivity index (χ0) is 20.6. The molecule has 156 valence electrons. The summed E-state index contributed by atoms with van der Waals surface area (Å²) in [5.41, 5.74) is 6.94. The van der Waals surface area contributed by atoms with Crippen molar-refractivity contribution in [1.29, 1.82) is 0 Å². The fraction of sp³-hybridized carbons (Fsp3) is 0.500. The molecule has 1 saturated heterocycles. The van der Waals surface area contributed by atoms with Gasteiger partial charge in [-0.1, -0.05) is 12.1 Å². The fourth-order valence-electron chi connectivity index (χ4n) is 3.30. The first-order chi connectivity index (χ1) is 14.1. The van der Waals surface area contributed by atoms with E-state index in [2.05, 4.69) is 25.2 Å². The smallest absolute Gasteiger partial charge is 0.309 e. The van der Waals surface area contributed by atoms with Gasteiger partial charge in [0.1, 0.15) is 11.6 Å². The van der Waals surface area contributed by atoms with E-state index in [4.69, 9.17) is 15.2 Å². The molecular weight excluding hydrogens is 372 g/mol. The molecular formula is C20H28N6O3. The maximum atomic E-state index is 11.9. The van der Waals surface area contributed by atoms with Crippen molar-refractivity contribution in [2.24, 2.45) is 5.92 Å². The standard InChI is InChI=1S/C20H28N6O3/c1-3-29-18(27)15-8-10-26(11-9-15)13-17-23-19(21)25-20(24-17)22-12-14-4-6-16(28-2)7-5-14/h4-7,15H,3,8-13H2,1-2H3,(H3,21,22,23,24,25). The van der Waals surface area contributed by atoms with E-state index in [1.54, 1.807) is 7.11 Å². The van der Waals surface area contributed by atoms with Crippen LogP contribution in [0.25, 0.3) is 0 Å². The summed E-state index contributed by atoms with van der Waals surface area (Å²) in [7, 11) is 1.64. The van der Waals surface area contributed by atoms with Crippen LogP contribution in [0.3, 0.4) is 0 Å². The zero-order valence-electron chi connectivity index (χ0n) is 16.9. The summed E-state index contributed by atoms with van der Waals surface area (Å²) in [5, 5.41) is 3.19. The Balaban J connectivity index is 1.54. The fourth-order valence-corrected chi connectivity index (χ4v) is 3.30. The molecule has 2 heterocycles. The van der Waals surface area contributed by atoms with Gasteiger partial charge in [0.25, 0.3) is 0 Å². The lowest BCUT2D eigenvalue weighted by Crippen LogP contribution is -2.37. The van der Waals surface area contributed by atoms with Crippen molar-refractivity contribution >= 4 is 17.9 Å². The van der Waals surface area contributed by atoms with E-state index in [0.29, 0.717) is 31.5 Å². The van der Waals surface area contributed by atoms with E-state index in [1.165, 1.54) is 0 Å². The third-order valence-corrected chi connectivity index (χ3v) is 4.88. The van der Waals surface area contributed by atoms with Gasteiger partial charge in [-0.15, -0.1) is 0 Å². The molecule has 0 aliphatic carbocycles. The molecule has 1 aromatic heterocycles. The van der Waals surface area contributed by atoms with E-state index in [1.807, 2.05) is 31.2 Å². The number of hydrogen-bond donors (Lipinski definition) is 2. The molecule has 1 aromatic carbocycles. The Morgan fingerprint density at radius 3 is 2.59 bits per heavy atom. The average molecular weight is 400 g/mol. The number of ether oxygens (including phenoxy) is 2. The number of nitrogens with one attached hydrogen (secondary N) is 1. The molecule has 0 amide bonds. The number of rotatable bonds is 8. The molecule has 29 heavy (non-hydrogen) atoms. The molecule has 1 aliphatic rings. The van der Waals surface area contributed by atoms with Crippen LogP contribution in [0.15, 0.2) is 24.3 Å². The topological polar surface area (TPSA) is 115 Å². The monoisotopic (exact) mass is 400 g/mol. The van der Waals surface area contributed by atoms with Gasteiger partial charge in [-0.2, -0.15) is 15.0 Å². The molecule has 0 bridgehead atoms. The van der Waals surface area contributed by atoms with E-state index in [0.717, 1.165) is 37.2 Å². The number of nitrogen functional groups attached to an aromatic ring is 1. The highest BCUT2D eigenvalue weighted by Crippen LogP contribution is 2.20. The largest absolute Gasteiger partial charge is 0.497 e. The van der Waals surface area contributed by atoms with Crippen LogP contribution in [0.5, 0.6) is 5.75 Å². The SMILES string of the molecule is CCOC(=O)C1CCN(Cc2nc(N)nc(NCc3ccc(OC)cc3)n2)CC1. The minimum Gasteiger partial charge on any atom is -0.497 e. The van der Waals surface area contributed by atoms with Crippen molar-refractivity contribution in [2.75, 3.05) is 37.9 Å². The molecule has 0 radical (unpaired) electrons. The number of hydrogen-bond acceptors (Lipinski definition) is 9. The van der Waals surface area contributed by atoms with Crippen molar-refractivity contribution < 1.29 is 14.3 Å². The second kappa shape index (κ2) is 10.0. The average Bonchev–Trinajstić information content (AvgIpc) is 2.73. The summed E-state index contributed by atoms with van der Waals surface area (Å²) in [6, 6.07) is 7.77. The third-order valence-electron chi connectivity index (χ3n) is 4.88. The summed E-state index contributed by atoms with van der Waals surface area (Å²) in [6.45, 7) is 4.98. The van der Waals surface area contributed by atoms with Gasteiger partial charge in [-0.05, 0) is 50.6 Å². The molecule has 0 saturated carbocycles. The Hall–Kier alpha value is -2.94. The van der Waals surface area contributed by atoms with Crippen LogP contribution in [0, 0.1) is 5.92 Å². The lowest BCUT2D eigenvalue weighted by Gasteiger charge is -2.30. The van der Waals surface area contributed by atoms with Crippen molar-refractivity contribution in [2.45, 2.75) is 32.9 Å². The Morgan fingerprint density at radius 2 is 1.93 bits per heavy atom. The van der Waals surface area contributed by atoms with E-state index in [-0.39, 0.29) is 17.8 Å². The summed E-state index contributed by atoms with van der Waals surface area (Å²) in [4.78, 5) is 27.0. The van der Waals surface area contributed by atoms with Crippen LogP contribution < -0.4 is 15.8 Å². The molecule has 0 atom stereocenters. The third kappa shape index (κ3) is 6.02. The molecule has 9 heteroatoms. The second-order valence-electron chi connectivity index (χ2n) is 6.94. The maximum Gasteiger partial charge on any atom is 0.309 e. The zero-order valence-corrected chi connectivity index (χ0v) is 16.9. The van der Waals surface area contributed by atoms with Crippen LogP contribution in [0.2, 0.25) is 0 Å². The first-order valence-electron chi connectivity index (χ1n) is 9.83. The number of carbonyl (C=O) groups is 1. The summed E-state index contributed by atoms with van der Waals surface area (Å²) >= 11 is 0. The summed E-state index contributed by atoms with van der Waals surface area (Å²) < 4.78 is 10.3. The molecule has 1 aliphatic heterocycles. The molecule has 3 N–H and O–H groups in total. The van der Waals surface area contributed by atoms with Gasteiger partial charge >= 0.3 is 5.97 Å². The predicted octanol–water partition coefficient (Wildman–Crippen LogP) is 1.85. The van der Waals surface area contributed by atoms with Gasteiger partial charge in [-0.3, -0.25) is 9.69 Å². The number of methoxy groups -OCH3 is 1. The lowest BCUT2D eigenvalue weighted by atomic mass is 9.97. The predicted molar refractivity (Wildman–Crippen MR) is 109 cm³/mol. The van der Waals surface area contributed by atoms with Crippen LogP contribution in [0.1, 0.15) is 31.2 Å². The quantitative estimate of drug-likeness (QED) is 0.640. The van der Waals surface area contributed by atoms with Crippen LogP contribution in [-0.2, 0) is 22.6 Å². The highest BCUT2D eigenvalue weighted by molar-refractivity contribution is 5.72. The van der Waals surface area contributed by atoms with Crippen molar-refractivity contribution in [3.63, 3.8) is 0 Å². The Kier molecular flexibility index (Phi) is 7.18. The first kappa shape index (κ1) is 20.8. The number of esters is 1. The number of benzene rings is 1. The minimum atomic E-state index is -0.0958. The van der Waals surface area contributed by atoms with Gasteiger partial charge in [0, 0.05) is 6.54 Å². The summed E-state index contributed by atoms with van der Waals surface area (Å²) in [6.07, 6.45) is 1.56. The van der Waals surface area contributed by atoms with Gasteiger partial charge in [-0.25, -0.2) is 0 Å². The normalized spacial score (nSPS) is 15.1. The number of piperidine rings is 1. The Morgan fingerprint density at radius 1 is 1.21 bits per heavy atom. The molecule has 3 rings (SSSR count). The second-order valence-corrected chi connectivity index (χ2v) is 6.94. The number of anilines is 2. The Bertz CT molecular complexity index is 806. The van der Waals surface area contributed by atoms with E-state index in [9.17, 15) is 4.79 Å². The number of aromatic nitrogens is 3. The van der Waals surface area contributed by atoms with Gasteiger partial charge < -0.3 is 20.5 Å². The minimum absolute atomic E-state index is 0.0173. The van der Waals surface area contributed by atoms with Gasteiger partial charge in [0.2, 0.25) is 11.9 Å². The molecule has 1 fully saturated rings. The first-order valence-corrected chi connectivity index (χ1v) is 9.83. The summed E-state index contributed by atoms with van der Waals surface area (Å²) in [5.74, 6) is 1.95. The van der Waals surface area contributed by atoms with Crippen molar-refractivity contribution in [3.05, 3.63) is 35.7 Å². The molecule has 0 unspecified atom stereocenters.